The summed E-state index contributed by atoms with van der Waals surface area (Å²) in [6.45, 7) is 4.11. The van der Waals surface area contributed by atoms with Gasteiger partial charge in [-0.3, -0.25) is 4.90 Å². The molecule has 1 saturated heterocycles. The highest BCUT2D eigenvalue weighted by molar-refractivity contribution is 5.52. The van der Waals surface area contributed by atoms with Gasteiger partial charge in [0.1, 0.15) is 17.2 Å². The third-order valence-corrected chi connectivity index (χ3v) is 5.47. The highest BCUT2D eigenvalue weighted by atomic mass is 16.5. The Morgan fingerprint density at radius 3 is 2.17 bits per heavy atom. The summed E-state index contributed by atoms with van der Waals surface area (Å²) >= 11 is 0. The molecule has 1 atom stereocenters. The molecular formula is C19H30N2O3. The molecule has 1 heterocycles. The van der Waals surface area contributed by atoms with Crippen LogP contribution in [0.15, 0.2) is 12.1 Å². The predicted molar refractivity (Wildman–Crippen MR) is 95.0 cm³/mol. The summed E-state index contributed by atoms with van der Waals surface area (Å²) in [6.07, 6.45) is 6.45. The van der Waals surface area contributed by atoms with Crippen LogP contribution in [0.5, 0.6) is 17.2 Å². The molecule has 0 amide bonds. The van der Waals surface area contributed by atoms with E-state index >= 15 is 0 Å². The zero-order valence-corrected chi connectivity index (χ0v) is 14.9. The van der Waals surface area contributed by atoms with Gasteiger partial charge in [0, 0.05) is 44.4 Å². The second kappa shape index (κ2) is 8.08. The van der Waals surface area contributed by atoms with E-state index in [2.05, 4.69) is 10.2 Å². The molecule has 1 aliphatic carbocycles. The van der Waals surface area contributed by atoms with Crippen molar-refractivity contribution in [2.75, 3.05) is 40.4 Å². The predicted octanol–water partition coefficient (Wildman–Crippen LogP) is 2.94. The summed E-state index contributed by atoms with van der Waals surface area (Å²) in [6, 6.07) is 3.73. The van der Waals surface area contributed by atoms with Crippen LogP contribution >= 0.6 is 0 Å². The molecule has 1 aromatic carbocycles. The molecule has 3 rings (SSSR count). The number of nitrogens with one attached hydrogen (secondary N) is 1. The number of piperazine rings is 1. The van der Waals surface area contributed by atoms with Crippen LogP contribution in [0.3, 0.4) is 0 Å². The van der Waals surface area contributed by atoms with E-state index in [9.17, 15) is 5.11 Å². The first-order valence-electron chi connectivity index (χ1n) is 9.14. The number of hydrogen-bond donors (Lipinski definition) is 2. The number of hydrogen-bond acceptors (Lipinski definition) is 5. The van der Waals surface area contributed by atoms with Crippen LogP contribution in [0.4, 0.5) is 0 Å². The zero-order chi connectivity index (χ0) is 16.9. The molecule has 134 valence electrons. The van der Waals surface area contributed by atoms with Gasteiger partial charge in [-0.05, 0) is 18.8 Å². The van der Waals surface area contributed by atoms with Crippen LogP contribution in [0.25, 0.3) is 0 Å². The fraction of sp³-hybridized carbons (Fsp3) is 0.684. The molecule has 1 aliphatic heterocycles. The molecule has 0 aromatic heterocycles. The smallest absolute Gasteiger partial charge is 0.131 e. The molecule has 0 unspecified atom stereocenters. The number of benzene rings is 1. The molecule has 5 heteroatoms. The van der Waals surface area contributed by atoms with Gasteiger partial charge in [0.15, 0.2) is 0 Å². The molecule has 0 spiro atoms. The Morgan fingerprint density at radius 1 is 1.04 bits per heavy atom. The zero-order valence-electron chi connectivity index (χ0n) is 14.9. The Labute approximate surface area is 144 Å². The molecule has 1 saturated carbocycles. The van der Waals surface area contributed by atoms with Crippen LogP contribution < -0.4 is 14.8 Å². The van der Waals surface area contributed by atoms with Crippen molar-refractivity contribution in [2.45, 2.75) is 38.1 Å². The Morgan fingerprint density at radius 2 is 1.62 bits per heavy atom. The van der Waals surface area contributed by atoms with Crippen LogP contribution in [0.1, 0.15) is 43.7 Å². The van der Waals surface area contributed by atoms with Gasteiger partial charge in [0.25, 0.3) is 0 Å². The number of methoxy groups -OCH3 is 2. The first-order chi connectivity index (χ1) is 11.7. The van der Waals surface area contributed by atoms with E-state index in [4.69, 9.17) is 9.47 Å². The second-order valence-corrected chi connectivity index (χ2v) is 6.89. The maximum atomic E-state index is 10.00. The van der Waals surface area contributed by atoms with Crippen molar-refractivity contribution in [3.63, 3.8) is 0 Å². The Hall–Kier alpha value is -1.46. The van der Waals surface area contributed by atoms with Gasteiger partial charge in [0.2, 0.25) is 0 Å². The molecule has 0 bridgehead atoms. The Balaban J connectivity index is 2.03. The van der Waals surface area contributed by atoms with Crippen LogP contribution in [0.2, 0.25) is 0 Å². The fourth-order valence-corrected chi connectivity index (χ4v) is 4.34. The number of rotatable bonds is 5. The topological polar surface area (TPSA) is 54.0 Å². The van der Waals surface area contributed by atoms with Crippen molar-refractivity contribution >= 4 is 0 Å². The Kier molecular flexibility index (Phi) is 5.85. The van der Waals surface area contributed by atoms with Crippen molar-refractivity contribution in [1.29, 1.82) is 0 Å². The average molecular weight is 334 g/mol. The van der Waals surface area contributed by atoms with Crippen molar-refractivity contribution in [3.05, 3.63) is 17.7 Å². The number of phenolic OH excluding ortho intramolecular Hbond substituents is 1. The fourth-order valence-electron chi connectivity index (χ4n) is 4.34. The lowest BCUT2D eigenvalue weighted by molar-refractivity contribution is 0.0989. The molecule has 2 aliphatic rings. The lowest BCUT2D eigenvalue weighted by Gasteiger charge is -2.42. The number of ether oxygens (including phenoxy) is 2. The summed E-state index contributed by atoms with van der Waals surface area (Å²) in [5, 5.41) is 13.4. The molecule has 2 N–H and O–H groups in total. The van der Waals surface area contributed by atoms with Gasteiger partial charge in [-0.2, -0.15) is 0 Å². The van der Waals surface area contributed by atoms with Gasteiger partial charge in [-0.1, -0.05) is 19.3 Å². The van der Waals surface area contributed by atoms with Gasteiger partial charge in [0.05, 0.1) is 19.8 Å². The molecule has 0 radical (unpaired) electrons. The van der Waals surface area contributed by atoms with E-state index in [1.807, 2.05) is 0 Å². The van der Waals surface area contributed by atoms with E-state index in [-0.39, 0.29) is 11.8 Å². The van der Waals surface area contributed by atoms with E-state index < -0.39 is 0 Å². The largest absolute Gasteiger partial charge is 0.508 e. The summed E-state index contributed by atoms with van der Waals surface area (Å²) < 4.78 is 11.3. The monoisotopic (exact) mass is 334 g/mol. The van der Waals surface area contributed by atoms with Gasteiger partial charge < -0.3 is 19.9 Å². The van der Waals surface area contributed by atoms with Gasteiger partial charge >= 0.3 is 0 Å². The summed E-state index contributed by atoms with van der Waals surface area (Å²) in [7, 11) is 3.35. The minimum Gasteiger partial charge on any atom is -0.508 e. The van der Waals surface area contributed by atoms with Gasteiger partial charge in [-0.25, -0.2) is 0 Å². The minimum absolute atomic E-state index is 0.190. The standard InChI is InChI=1S/C19H30N2O3/c1-23-16-12-15(22)13-17(24-2)18(16)19(14-6-4-3-5-7-14)21-10-8-20-9-11-21/h12-14,19-20,22H,3-11H2,1-2H3/t19-/m0/s1. The quantitative estimate of drug-likeness (QED) is 0.867. The molecule has 1 aromatic rings. The lowest BCUT2D eigenvalue weighted by atomic mass is 9.79. The Bertz CT molecular complexity index is 494. The summed E-state index contributed by atoms with van der Waals surface area (Å²) in [5.41, 5.74) is 1.10. The number of nitrogens with zero attached hydrogens (tertiary/aromatic N) is 1. The highest BCUT2D eigenvalue weighted by Crippen LogP contribution is 2.47. The number of phenols is 1. The molecule has 2 fully saturated rings. The maximum absolute atomic E-state index is 10.00. The first kappa shape index (κ1) is 17.4. The van der Waals surface area contributed by atoms with Crippen molar-refractivity contribution in [2.24, 2.45) is 5.92 Å². The first-order valence-corrected chi connectivity index (χ1v) is 9.14. The molecule has 24 heavy (non-hydrogen) atoms. The average Bonchev–Trinajstić information content (AvgIpc) is 2.64. The normalized spacial score (nSPS) is 21.4. The van der Waals surface area contributed by atoms with Crippen molar-refractivity contribution in [3.8, 4) is 17.2 Å². The van der Waals surface area contributed by atoms with E-state index in [1.54, 1.807) is 26.4 Å². The third-order valence-electron chi connectivity index (χ3n) is 5.47. The highest BCUT2D eigenvalue weighted by Gasteiger charge is 2.35. The van der Waals surface area contributed by atoms with Gasteiger partial charge in [-0.15, -0.1) is 0 Å². The van der Waals surface area contributed by atoms with E-state index in [1.165, 1.54) is 32.1 Å². The third kappa shape index (κ3) is 3.62. The number of aromatic hydroxyl groups is 1. The van der Waals surface area contributed by atoms with Crippen LogP contribution in [-0.4, -0.2) is 50.4 Å². The lowest BCUT2D eigenvalue weighted by Crippen LogP contribution is -2.47. The maximum Gasteiger partial charge on any atom is 0.131 e. The minimum atomic E-state index is 0.190. The SMILES string of the molecule is COc1cc(O)cc(OC)c1[C@H](C1CCCCC1)N1CCNCC1. The van der Waals surface area contributed by atoms with Crippen molar-refractivity contribution in [1.82, 2.24) is 10.2 Å². The summed E-state index contributed by atoms with van der Waals surface area (Å²) in [4.78, 5) is 2.57. The van der Waals surface area contributed by atoms with E-state index in [0.29, 0.717) is 5.92 Å². The second-order valence-electron chi connectivity index (χ2n) is 6.89. The van der Waals surface area contributed by atoms with E-state index in [0.717, 1.165) is 43.2 Å². The van der Waals surface area contributed by atoms with Crippen molar-refractivity contribution < 1.29 is 14.6 Å². The molecule has 5 nitrogen and oxygen atoms in total. The van der Waals surface area contributed by atoms with Crippen LogP contribution in [-0.2, 0) is 0 Å². The summed E-state index contributed by atoms with van der Waals surface area (Å²) in [5.74, 6) is 2.28. The van der Waals surface area contributed by atoms with Crippen LogP contribution in [0, 0.1) is 5.92 Å². The molecular weight excluding hydrogens is 304 g/mol.